The highest BCUT2D eigenvalue weighted by molar-refractivity contribution is 6.35. The Bertz CT molecular complexity index is 502. The maximum atomic E-state index is 8.67. The zero-order chi connectivity index (χ0) is 9.26. The number of hydrogen-bond acceptors (Lipinski definition) is 2. The summed E-state index contributed by atoms with van der Waals surface area (Å²) in [7, 11) is 0. The number of pyridine rings is 1. The highest BCUT2D eigenvalue weighted by atomic mass is 35.5. The van der Waals surface area contributed by atoms with Crippen molar-refractivity contribution in [1.82, 2.24) is 4.98 Å². The van der Waals surface area contributed by atoms with Gasteiger partial charge in [0, 0.05) is 17.6 Å². The van der Waals surface area contributed by atoms with Crippen molar-refractivity contribution in [2.45, 2.75) is 0 Å². The molecule has 0 saturated carbocycles. The molecule has 1 aromatic heterocycles. The number of rotatable bonds is 0. The monoisotopic (exact) mass is 190 g/mol. The van der Waals surface area contributed by atoms with Crippen molar-refractivity contribution in [2.24, 2.45) is 0 Å². The van der Waals surface area contributed by atoms with Gasteiger partial charge in [-0.05, 0) is 18.2 Å². The predicted molar refractivity (Wildman–Crippen MR) is 51.5 cm³/mol. The molecule has 0 spiro atoms. The Labute approximate surface area is 79.6 Å². The first kappa shape index (κ1) is 7.96. The summed E-state index contributed by atoms with van der Waals surface area (Å²) in [5, 5.41) is 10.1. The second kappa shape index (κ2) is 3.00. The van der Waals surface area contributed by atoms with E-state index >= 15 is 0 Å². The van der Waals surface area contributed by atoms with E-state index in [2.05, 4.69) is 9.96 Å². The fourth-order valence-corrected chi connectivity index (χ4v) is 1.42. The summed E-state index contributed by atoms with van der Waals surface area (Å²) in [4.78, 5) is 7.19. The van der Waals surface area contributed by atoms with E-state index in [9.17, 15) is 0 Å². The lowest BCUT2D eigenvalue weighted by atomic mass is 10.2. The fourth-order valence-electron chi connectivity index (χ4n) is 1.20. The van der Waals surface area contributed by atoms with Crippen LogP contribution in [0.3, 0.4) is 0 Å². The molecule has 0 aliphatic carbocycles. The lowest BCUT2D eigenvalue weighted by Gasteiger charge is -1.94. The van der Waals surface area contributed by atoms with Gasteiger partial charge >= 0.3 is 5.69 Å². The van der Waals surface area contributed by atoms with Crippen molar-refractivity contribution >= 4 is 28.2 Å². The average molecular weight is 191 g/mol. The van der Waals surface area contributed by atoms with Gasteiger partial charge in [0.1, 0.15) is 0 Å². The molecular formula is C9H5ClN3+. The summed E-state index contributed by atoms with van der Waals surface area (Å²) >= 11 is 5.92. The standard InChI is InChI=1S/C9H5ClN3/c10-7-3-4-8(13-11)9-6(7)2-1-5-12-9/h1-5H/q+1. The maximum absolute atomic E-state index is 8.67. The average Bonchev–Trinajstić information content (AvgIpc) is 2.19. The van der Waals surface area contributed by atoms with E-state index in [1.807, 2.05) is 6.07 Å². The second-order valence-electron chi connectivity index (χ2n) is 2.57. The van der Waals surface area contributed by atoms with Crippen molar-refractivity contribution in [3.05, 3.63) is 40.5 Å². The first-order chi connectivity index (χ1) is 6.33. The van der Waals surface area contributed by atoms with E-state index in [-0.39, 0.29) is 0 Å². The minimum Gasteiger partial charge on any atom is -0.248 e. The van der Waals surface area contributed by atoms with Gasteiger partial charge in [0.25, 0.3) is 0 Å². The Balaban J connectivity index is 2.95. The number of fused-ring (bicyclic) bond motifs is 1. The molecule has 0 fully saturated rings. The van der Waals surface area contributed by atoms with Crippen molar-refractivity contribution in [2.75, 3.05) is 0 Å². The van der Waals surface area contributed by atoms with Gasteiger partial charge in [-0.15, -0.1) is 0 Å². The van der Waals surface area contributed by atoms with Gasteiger partial charge in [0.05, 0.1) is 5.02 Å². The molecule has 2 aromatic rings. The SMILES string of the molecule is N#[N+]c1ccc(Cl)c2cccnc12. The van der Waals surface area contributed by atoms with Crippen LogP contribution in [-0.4, -0.2) is 4.98 Å². The second-order valence-corrected chi connectivity index (χ2v) is 2.97. The van der Waals surface area contributed by atoms with Crippen LogP contribution < -0.4 is 0 Å². The third-order valence-corrected chi connectivity index (χ3v) is 2.13. The number of nitrogens with zero attached hydrogens (tertiary/aromatic N) is 3. The third kappa shape index (κ3) is 1.21. The molecular weight excluding hydrogens is 186 g/mol. The number of diazo groups is 1. The highest BCUT2D eigenvalue weighted by Crippen LogP contribution is 2.29. The quantitative estimate of drug-likeness (QED) is 0.598. The van der Waals surface area contributed by atoms with Crippen LogP contribution in [0.5, 0.6) is 0 Å². The molecule has 62 valence electrons. The van der Waals surface area contributed by atoms with E-state index in [1.165, 1.54) is 0 Å². The van der Waals surface area contributed by atoms with Gasteiger partial charge in [-0.25, -0.2) is 4.98 Å². The number of halogens is 1. The van der Waals surface area contributed by atoms with Gasteiger partial charge < -0.3 is 0 Å². The Kier molecular flexibility index (Phi) is 1.84. The van der Waals surface area contributed by atoms with Gasteiger partial charge in [-0.3, -0.25) is 0 Å². The summed E-state index contributed by atoms with van der Waals surface area (Å²) in [5.41, 5.74) is 1.04. The van der Waals surface area contributed by atoms with Crippen LogP contribution in [-0.2, 0) is 0 Å². The van der Waals surface area contributed by atoms with Crippen molar-refractivity contribution < 1.29 is 0 Å². The first-order valence-electron chi connectivity index (χ1n) is 3.71. The Morgan fingerprint density at radius 3 is 2.92 bits per heavy atom. The number of hydrogen-bond donors (Lipinski definition) is 0. The van der Waals surface area contributed by atoms with Crippen molar-refractivity contribution in [3.63, 3.8) is 0 Å². The summed E-state index contributed by atoms with van der Waals surface area (Å²) in [6.45, 7) is 0. The van der Waals surface area contributed by atoms with Crippen LogP contribution in [0.4, 0.5) is 5.69 Å². The van der Waals surface area contributed by atoms with E-state index in [1.54, 1.807) is 24.4 Å². The molecule has 0 aliphatic heterocycles. The summed E-state index contributed by atoms with van der Waals surface area (Å²) in [6, 6.07) is 6.92. The Morgan fingerprint density at radius 2 is 2.15 bits per heavy atom. The topological polar surface area (TPSA) is 41.0 Å². The minimum absolute atomic E-state index is 0.431. The molecule has 2 rings (SSSR count). The highest BCUT2D eigenvalue weighted by Gasteiger charge is 2.13. The maximum Gasteiger partial charge on any atom is 0.411 e. The van der Waals surface area contributed by atoms with E-state index in [0.29, 0.717) is 16.2 Å². The van der Waals surface area contributed by atoms with Crippen molar-refractivity contribution in [1.29, 1.82) is 5.39 Å². The molecule has 3 nitrogen and oxygen atoms in total. The zero-order valence-corrected chi connectivity index (χ0v) is 7.36. The molecule has 1 heterocycles. The van der Waals surface area contributed by atoms with Crippen LogP contribution in [0.15, 0.2) is 30.5 Å². The summed E-state index contributed by atoms with van der Waals surface area (Å²) < 4.78 is 0. The lowest BCUT2D eigenvalue weighted by molar-refractivity contribution is 1.40. The molecule has 0 radical (unpaired) electrons. The summed E-state index contributed by atoms with van der Waals surface area (Å²) in [5.74, 6) is 0. The van der Waals surface area contributed by atoms with E-state index in [0.717, 1.165) is 5.39 Å². The molecule has 0 unspecified atom stereocenters. The molecule has 0 N–H and O–H groups in total. The van der Waals surface area contributed by atoms with Crippen LogP contribution >= 0.6 is 11.6 Å². The van der Waals surface area contributed by atoms with Gasteiger partial charge in [-0.2, -0.15) is 0 Å². The molecule has 0 saturated heterocycles. The van der Waals surface area contributed by atoms with Crippen LogP contribution in [0.25, 0.3) is 15.9 Å². The zero-order valence-electron chi connectivity index (χ0n) is 6.61. The smallest absolute Gasteiger partial charge is 0.248 e. The molecule has 0 bridgehead atoms. The third-order valence-electron chi connectivity index (χ3n) is 1.80. The number of aromatic nitrogens is 1. The molecule has 0 amide bonds. The van der Waals surface area contributed by atoms with Crippen LogP contribution in [0, 0.1) is 5.39 Å². The van der Waals surface area contributed by atoms with E-state index < -0.39 is 0 Å². The Morgan fingerprint density at radius 1 is 1.31 bits per heavy atom. The Hall–Kier alpha value is -1.66. The molecule has 0 atom stereocenters. The fraction of sp³-hybridized carbons (Fsp3) is 0. The lowest BCUT2D eigenvalue weighted by Crippen LogP contribution is -1.78. The van der Waals surface area contributed by atoms with Gasteiger partial charge in [0.15, 0.2) is 10.5 Å². The van der Waals surface area contributed by atoms with Crippen LogP contribution in [0.2, 0.25) is 5.02 Å². The van der Waals surface area contributed by atoms with Crippen molar-refractivity contribution in [3.8, 4) is 0 Å². The molecule has 0 aliphatic rings. The van der Waals surface area contributed by atoms with Crippen LogP contribution in [0.1, 0.15) is 0 Å². The minimum atomic E-state index is 0.431. The summed E-state index contributed by atoms with van der Waals surface area (Å²) in [6.07, 6.45) is 1.63. The number of benzene rings is 1. The molecule has 4 heteroatoms. The first-order valence-corrected chi connectivity index (χ1v) is 4.09. The molecule has 13 heavy (non-hydrogen) atoms. The van der Waals surface area contributed by atoms with Gasteiger partial charge in [-0.1, -0.05) is 11.6 Å². The normalized spacial score (nSPS) is 9.85. The molecule has 1 aromatic carbocycles. The van der Waals surface area contributed by atoms with Gasteiger partial charge in [0.2, 0.25) is 5.39 Å². The largest absolute Gasteiger partial charge is 0.411 e. The van der Waals surface area contributed by atoms with E-state index in [4.69, 9.17) is 17.0 Å². The predicted octanol–water partition coefficient (Wildman–Crippen LogP) is 3.37.